The van der Waals surface area contributed by atoms with Crippen LogP contribution in [0.25, 0.3) is 0 Å². The Labute approximate surface area is 179 Å². The summed E-state index contributed by atoms with van der Waals surface area (Å²) in [4.78, 5) is 14.5. The number of halogens is 3. The van der Waals surface area contributed by atoms with Crippen LogP contribution >= 0.6 is 23.2 Å². The average molecular weight is 438 g/mol. The van der Waals surface area contributed by atoms with E-state index in [9.17, 15) is 14.3 Å². The summed E-state index contributed by atoms with van der Waals surface area (Å²) in [5, 5.41) is 12.0. The van der Waals surface area contributed by atoms with E-state index in [-0.39, 0.29) is 24.8 Å². The molecule has 2 fully saturated rings. The first-order valence-electron chi connectivity index (χ1n) is 9.63. The second-order valence-corrected chi connectivity index (χ2v) is 8.76. The van der Waals surface area contributed by atoms with E-state index in [4.69, 9.17) is 27.9 Å². The van der Waals surface area contributed by atoms with Crippen molar-refractivity contribution in [3.63, 3.8) is 0 Å². The molecule has 4 nitrogen and oxygen atoms in total. The first-order valence-corrected chi connectivity index (χ1v) is 10.4. The van der Waals surface area contributed by atoms with Crippen molar-refractivity contribution in [2.24, 2.45) is 0 Å². The molecule has 0 radical (unpaired) electrons. The highest BCUT2D eigenvalue weighted by molar-refractivity contribution is 6.36. The standard InChI is InChI=1S/C22H22Cl2FNO3/c23-18-2-1-3-19(24)17(18)12-20(27)26-10-8-21(9-11-26)13-22(28,14-29-21)15-4-6-16(25)7-5-15/h1-7,28H,8-14H2/t22-/m0/s1. The summed E-state index contributed by atoms with van der Waals surface area (Å²) in [6.07, 6.45) is 1.87. The molecule has 1 spiro atoms. The third-order valence-corrected chi connectivity index (χ3v) is 6.74. The summed E-state index contributed by atoms with van der Waals surface area (Å²) < 4.78 is 19.2. The van der Waals surface area contributed by atoms with E-state index in [0.717, 1.165) is 0 Å². The number of ether oxygens (including phenoxy) is 1. The molecule has 7 heteroatoms. The van der Waals surface area contributed by atoms with Crippen molar-refractivity contribution in [2.75, 3.05) is 19.7 Å². The van der Waals surface area contributed by atoms with Gasteiger partial charge in [-0.1, -0.05) is 41.4 Å². The summed E-state index contributed by atoms with van der Waals surface area (Å²) in [5.74, 6) is -0.363. The van der Waals surface area contributed by atoms with Crippen LogP contribution < -0.4 is 0 Å². The Balaban J connectivity index is 1.39. The van der Waals surface area contributed by atoms with Gasteiger partial charge in [0, 0.05) is 29.6 Å². The predicted molar refractivity (Wildman–Crippen MR) is 110 cm³/mol. The maximum Gasteiger partial charge on any atom is 0.227 e. The highest BCUT2D eigenvalue weighted by Crippen LogP contribution is 2.45. The number of amides is 1. The largest absolute Gasteiger partial charge is 0.383 e. The van der Waals surface area contributed by atoms with Crippen molar-refractivity contribution in [3.8, 4) is 0 Å². The molecule has 2 heterocycles. The molecule has 0 saturated carbocycles. The topological polar surface area (TPSA) is 49.8 Å². The predicted octanol–water partition coefficient (Wildman–Crippen LogP) is 4.34. The summed E-state index contributed by atoms with van der Waals surface area (Å²) in [6, 6.07) is 11.1. The molecule has 2 aromatic rings. The SMILES string of the molecule is O=C(Cc1c(Cl)cccc1Cl)N1CCC2(CC1)C[C@@](O)(c1ccc(F)cc1)CO2. The van der Waals surface area contributed by atoms with Gasteiger partial charge < -0.3 is 14.7 Å². The maximum absolute atomic E-state index is 13.2. The molecule has 0 unspecified atom stereocenters. The molecule has 2 saturated heterocycles. The monoisotopic (exact) mass is 437 g/mol. The van der Waals surface area contributed by atoms with Gasteiger partial charge in [0.2, 0.25) is 5.91 Å². The highest BCUT2D eigenvalue weighted by Gasteiger charge is 2.50. The van der Waals surface area contributed by atoms with E-state index in [1.54, 1.807) is 35.2 Å². The number of likely N-dealkylation sites (tertiary alicyclic amines) is 1. The Hall–Kier alpha value is -1.66. The lowest BCUT2D eigenvalue weighted by atomic mass is 9.80. The molecule has 29 heavy (non-hydrogen) atoms. The van der Waals surface area contributed by atoms with Gasteiger partial charge in [-0.3, -0.25) is 4.79 Å². The zero-order chi connectivity index (χ0) is 20.6. The number of aliphatic hydroxyl groups is 1. The third kappa shape index (κ3) is 4.15. The fourth-order valence-corrected chi connectivity index (χ4v) is 4.83. The number of carbonyl (C=O) groups excluding carboxylic acids is 1. The zero-order valence-corrected chi connectivity index (χ0v) is 17.3. The van der Waals surface area contributed by atoms with Gasteiger partial charge in [-0.05, 0) is 48.2 Å². The van der Waals surface area contributed by atoms with Gasteiger partial charge in [0.05, 0.1) is 18.6 Å². The Bertz CT molecular complexity index is 893. The smallest absolute Gasteiger partial charge is 0.227 e. The third-order valence-electron chi connectivity index (χ3n) is 6.03. The molecule has 4 rings (SSSR count). The van der Waals surface area contributed by atoms with Gasteiger partial charge in [-0.25, -0.2) is 4.39 Å². The van der Waals surface area contributed by atoms with Crippen molar-refractivity contribution in [1.29, 1.82) is 0 Å². The van der Waals surface area contributed by atoms with Crippen molar-refractivity contribution in [2.45, 2.75) is 36.9 Å². The zero-order valence-electron chi connectivity index (χ0n) is 15.8. The summed E-state index contributed by atoms with van der Waals surface area (Å²) in [6.45, 7) is 1.25. The molecule has 154 valence electrons. The average Bonchev–Trinajstić information content (AvgIpc) is 3.03. The molecule has 2 aliphatic heterocycles. The minimum absolute atomic E-state index is 0.0263. The van der Waals surface area contributed by atoms with Crippen LogP contribution in [0.5, 0.6) is 0 Å². The van der Waals surface area contributed by atoms with Gasteiger partial charge in [0.15, 0.2) is 0 Å². The van der Waals surface area contributed by atoms with Crippen LogP contribution in [0.2, 0.25) is 10.0 Å². The summed E-state index contributed by atoms with van der Waals surface area (Å²) >= 11 is 12.4. The summed E-state index contributed by atoms with van der Waals surface area (Å²) in [7, 11) is 0. The van der Waals surface area contributed by atoms with Gasteiger partial charge in [-0.2, -0.15) is 0 Å². The van der Waals surface area contributed by atoms with Crippen LogP contribution in [0.1, 0.15) is 30.4 Å². The molecule has 0 bridgehead atoms. The highest BCUT2D eigenvalue weighted by atomic mass is 35.5. The number of benzene rings is 2. The normalized spacial score (nSPS) is 23.5. The van der Waals surface area contributed by atoms with Crippen LogP contribution in [0.15, 0.2) is 42.5 Å². The van der Waals surface area contributed by atoms with Crippen LogP contribution in [-0.2, 0) is 21.6 Å². The van der Waals surface area contributed by atoms with Crippen LogP contribution in [-0.4, -0.2) is 41.2 Å². The van der Waals surface area contributed by atoms with Gasteiger partial charge in [-0.15, -0.1) is 0 Å². The lowest BCUT2D eigenvalue weighted by Crippen LogP contribution is -2.47. The number of piperidine rings is 1. The van der Waals surface area contributed by atoms with Gasteiger partial charge in [0.1, 0.15) is 11.4 Å². The first kappa shape index (κ1) is 20.6. The van der Waals surface area contributed by atoms with Crippen LogP contribution in [0, 0.1) is 5.82 Å². The molecule has 0 aromatic heterocycles. The van der Waals surface area contributed by atoms with E-state index in [1.165, 1.54) is 12.1 Å². The van der Waals surface area contributed by atoms with Crippen molar-refractivity contribution >= 4 is 29.1 Å². The van der Waals surface area contributed by atoms with E-state index in [1.807, 2.05) is 0 Å². The molecular formula is C22H22Cl2FNO3. The Kier molecular flexibility index (Phi) is 5.60. The molecule has 1 N–H and O–H groups in total. The number of hydrogen-bond acceptors (Lipinski definition) is 3. The molecule has 2 aromatic carbocycles. The van der Waals surface area contributed by atoms with E-state index in [0.29, 0.717) is 53.5 Å². The second kappa shape index (κ2) is 7.88. The lowest BCUT2D eigenvalue weighted by molar-refractivity contribution is -0.135. The van der Waals surface area contributed by atoms with Gasteiger partial charge in [0.25, 0.3) is 0 Å². The lowest BCUT2D eigenvalue weighted by Gasteiger charge is -2.39. The Morgan fingerprint density at radius 1 is 1.10 bits per heavy atom. The fraction of sp³-hybridized carbons (Fsp3) is 0.409. The quantitative estimate of drug-likeness (QED) is 0.776. The van der Waals surface area contributed by atoms with Crippen LogP contribution in [0.4, 0.5) is 4.39 Å². The van der Waals surface area contributed by atoms with Crippen molar-refractivity contribution in [1.82, 2.24) is 4.90 Å². The van der Waals surface area contributed by atoms with Crippen molar-refractivity contribution < 1.29 is 19.0 Å². The molecule has 2 aliphatic rings. The first-order chi connectivity index (χ1) is 13.8. The number of nitrogens with zero attached hydrogens (tertiary/aromatic N) is 1. The summed E-state index contributed by atoms with van der Waals surface area (Å²) in [5.41, 5.74) is -0.307. The Morgan fingerprint density at radius 2 is 1.72 bits per heavy atom. The minimum atomic E-state index is -1.13. The maximum atomic E-state index is 13.2. The molecule has 1 amide bonds. The number of carbonyl (C=O) groups is 1. The number of hydrogen-bond donors (Lipinski definition) is 1. The molecule has 0 aliphatic carbocycles. The fourth-order valence-electron chi connectivity index (χ4n) is 4.30. The van der Waals surface area contributed by atoms with Crippen molar-refractivity contribution in [3.05, 3.63) is 69.5 Å². The van der Waals surface area contributed by atoms with E-state index >= 15 is 0 Å². The van der Waals surface area contributed by atoms with E-state index in [2.05, 4.69) is 0 Å². The second-order valence-electron chi connectivity index (χ2n) is 7.94. The van der Waals surface area contributed by atoms with Crippen LogP contribution in [0.3, 0.4) is 0 Å². The molecule has 1 atom stereocenters. The number of rotatable bonds is 3. The molecular weight excluding hydrogens is 416 g/mol. The Morgan fingerprint density at radius 3 is 2.34 bits per heavy atom. The minimum Gasteiger partial charge on any atom is -0.383 e. The van der Waals surface area contributed by atoms with Gasteiger partial charge >= 0.3 is 0 Å². The van der Waals surface area contributed by atoms with E-state index < -0.39 is 11.2 Å².